The molecule has 1 aromatic carbocycles. The Kier molecular flexibility index (Phi) is 5.54. The Bertz CT molecular complexity index is 1090. The maximum atomic E-state index is 12.6. The molecular weight excluding hydrogens is 368 g/mol. The van der Waals surface area contributed by atoms with Crippen LogP contribution in [0.4, 0.5) is 5.69 Å². The lowest BCUT2D eigenvalue weighted by molar-refractivity contribution is 0.0948. The Morgan fingerprint density at radius 1 is 1.03 bits per heavy atom. The molecule has 8 heteroatoms. The van der Waals surface area contributed by atoms with Gasteiger partial charge in [-0.25, -0.2) is 4.98 Å². The van der Waals surface area contributed by atoms with Crippen molar-refractivity contribution in [2.75, 3.05) is 5.32 Å². The number of carbonyl (C=O) groups is 2. The topological polar surface area (TPSA) is 93.8 Å². The molecule has 0 saturated heterocycles. The molecule has 0 aliphatic rings. The summed E-state index contributed by atoms with van der Waals surface area (Å²) in [5, 5.41) is 9.97. The molecule has 3 aromatic rings. The predicted octanol–water partition coefficient (Wildman–Crippen LogP) is 2.57. The number of hydrogen-bond donors (Lipinski definition) is 2. The van der Waals surface area contributed by atoms with Gasteiger partial charge in [0.05, 0.1) is 23.5 Å². The first kappa shape index (κ1) is 20.3. The number of hydrogen-bond acceptors (Lipinski definition) is 4. The van der Waals surface area contributed by atoms with E-state index in [0.29, 0.717) is 29.1 Å². The molecule has 152 valence electrons. The summed E-state index contributed by atoms with van der Waals surface area (Å²) < 4.78 is 3.56. The molecule has 2 heterocycles. The second-order valence-electron chi connectivity index (χ2n) is 7.23. The first-order chi connectivity index (χ1) is 13.7. The zero-order chi connectivity index (χ0) is 21.3. The lowest BCUT2D eigenvalue weighted by Gasteiger charge is -2.11. The van der Waals surface area contributed by atoms with Gasteiger partial charge in [0.2, 0.25) is 0 Å². The van der Waals surface area contributed by atoms with E-state index in [-0.39, 0.29) is 11.8 Å². The minimum Gasteiger partial charge on any atom is -0.345 e. The van der Waals surface area contributed by atoms with E-state index >= 15 is 0 Å². The number of imidazole rings is 1. The Balaban J connectivity index is 1.74. The number of nitrogens with one attached hydrogen (secondary N) is 2. The third-order valence-corrected chi connectivity index (χ3v) is 5.12. The van der Waals surface area contributed by atoms with Crippen LogP contribution in [0, 0.1) is 27.7 Å². The highest BCUT2D eigenvalue weighted by molar-refractivity contribution is 6.06. The van der Waals surface area contributed by atoms with E-state index in [0.717, 1.165) is 22.8 Å². The average molecular weight is 394 g/mol. The zero-order valence-electron chi connectivity index (χ0n) is 17.6. The first-order valence-corrected chi connectivity index (χ1v) is 9.36. The van der Waals surface area contributed by atoms with E-state index in [1.165, 1.54) is 0 Å². The molecule has 0 bridgehead atoms. The van der Waals surface area contributed by atoms with Gasteiger partial charge in [0.15, 0.2) is 0 Å². The van der Waals surface area contributed by atoms with Gasteiger partial charge in [0, 0.05) is 37.2 Å². The number of rotatable bonds is 5. The van der Waals surface area contributed by atoms with E-state index in [9.17, 15) is 9.59 Å². The second kappa shape index (κ2) is 7.90. The molecule has 2 amide bonds. The third kappa shape index (κ3) is 4.21. The molecule has 0 saturated carbocycles. The van der Waals surface area contributed by atoms with Crippen LogP contribution in [0.3, 0.4) is 0 Å². The van der Waals surface area contributed by atoms with Crippen molar-refractivity contribution in [1.29, 1.82) is 0 Å². The monoisotopic (exact) mass is 394 g/mol. The molecule has 29 heavy (non-hydrogen) atoms. The van der Waals surface area contributed by atoms with Gasteiger partial charge >= 0.3 is 0 Å². The molecule has 2 aromatic heterocycles. The van der Waals surface area contributed by atoms with Gasteiger partial charge in [-0.15, -0.1) is 0 Å². The zero-order valence-corrected chi connectivity index (χ0v) is 17.6. The van der Waals surface area contributed by atoms with Crippen LogP contribution >= 0.6 is 0 Å². The number of benzene rings is 1. The summed E-state index contributed by atoms with van der Waals surface area (Å²) in [6.07, 6.45) is 1.67. The van der Waals surface area contributed by atoms with Crippen molar-refractivity contribution in [3.05, 3.63) is 64.0 Å². The van der Waals surface area contributed by atoms with E-state index in [2.05, 4.69) is 20.7 Å². The Morgan fingerprint density at radius 2 is 1.76 bits per heavy atom. The van der Waals surface area contributed by atoms with Crippen molar-refractivity contribution in [2.45, 2.75) is 34.2 Å². The SMILES string of the molecule is Cc1ccc(C(=O)NCc2nc(C)c(C)n2C)cc1NC(=O)c1cn(C)nc1C. The summed E-state index contributed by atoms with van der Waals surface area (Å²) in [5.74, 6) is 0.313. The summed E-state index contributed by atoms with van der Waals surface area (Å²) >= 11 is 0. The van der Waals surface area contributed by atoms with Crippen LogP contribution in [-0.4, -0.2) is 31.1 Å². The van der Waals surface area contributed by atoms with E-state index < -0.39 is 0 Å². The molecule has 0 unspecified atom stereocenters. The molecule has 0 spiro atoms. The van der Waals surface area contributed by atoms with E-state index in [1.54, 1.807) is 37.0 Å². The third-order valence-electron chi connectivity index (χ3n) is 5.12. The van der Waals surface area contributed by atoms with Crippen LogP contribution in [0.15, 0.2) is 24.4 Å². The fourth-order valence-corrected chi connectivity index (χ4v) is 3.12. The van der Waals surface area contributed by atoms with Gasteiger partial charge in [0.1, 0.15) is 5.82 Å². The molecule has 2 N–H and O–H groups in total. The number of carbonyl (C=O) groups excluding carboxylic acids is 2. The molecule has 0 atom stereocenters. The molecule has 0 radical (unpaired) electrons. The van der Waals surface area contributed by atoms with Gasteiger partial charge in [0.25, 0.3) is 11.8 Å². The van der Waals surface area contributed by atoms with Gasteiger partial charge < -0.3 is 15.2 Å². The fourth-order valence-electron chi connectivity index (χ4n) is 3.12. The standard InChI is InChI=1S/C21H26N6O2/c1-12-7-8-16(20(28)22-10-19-23-13(2)15(4)27(19)6)9-18(12)24-21(29)17-11-26(5)25-14(17)3/h7-9,11H,10H2,1-6H3,(H,22,28)(H,24,29). The fraction of sp³-hybridized carbons (Fsp3) is 0.333. The molecule has 8 nitrogen and oxygen atoms in total. The minimum atomic E-state index is -0.254. The van der Waals surface area contributed by atoms with Crippen molar-refractivity contribution < 1.29 is 9.59 Å². The lowest BCUT2D eigenvalue weighted by atomic mass is 10.1. The van der Waals surface area contributed by atoms with Gasteiger partial charge in [-0.05, 0) is 45.4 Å². The van der Waals surface area contributed by atoms with Crippen LogP contribution in [-0.2, 0) is 20.6 Å². The summed E-state index contributed by atoms with van der Waals surface area (Å²) in [6, 6.07) is 5.24. The molecule has 0 fully saturated rings. The van der Waals surface area contributed by atoms with Crippen molar-refractivity contribution in [1.82, 2.24) is 24.6 Å². The minimum absolute atomic E-state index is 0.226. The van der Waals surface area contributed by atoms with E-state index in [1.807, 2.05) is 38.5 Å². The average Bonchev–Trinajstić information content (AvgIpc) is 3.14. The molecule has 3 rings (SSSR count). The number of amides is 2. The first-order valence-electron chi connectivity index (χ1n) is 9.36. The van der Waals surface area contributed by atoms with Crippen LogP contribution < -0.4 is 10.6 Å². The Hall–Kier alpha value is -3.42. The van der Waals surface area contributed by atoms with Crippen LogP contribution in [0.1, 0.15) is 49.2 Å². The summed E-state index contributed by atoms with van der Waals surface area (Å²) in [4.78, 5) is 29.7. The summed E-state index contributed by atoms with van der Waals surface area (Å²) in [5.41, 5.74) is 5.10. The van der Waals surface area contributed by atoms with Gasteiger partial charge in [-0.3, -0.25) is 14.3 Å². The van der Waals surface area contributed by atoms with E-state index in [4.69, 9.17) is 0 Å². The van der Waals surface area contributed by atoms with Crippen molar-refractivity contribution in [3.63, 3.8) is 0 Å². The Labute approximate surface area is 169 Å². The highest BCUT2D eigenvalue weighted by atomic mass is 16.2. The van der Waals surface area contributed by atoms with Crippen LogP contribution in [0.2, 0.25) is 0 Å². The normalized spacial score (nSPS) is 10.8. The summed E-state index contributed by atoms with van der Waals surface area (Å²) in [7, 11) is 3.70. The predicted molar refractivity (Wildman–Crippen MR) is 111 cm³/mol. The quantitative estimate of drug-likeness (QED) is 0.695. The van der Waals surface area contributed by atoms with Crippen LogP contribution in [0.25, 0.3) is 0 Å². The molecular formula is C21H26N6O2. The maximum absolute atomic E-state index is 12.6. The Morgan fingerprint density at radius 3 is 2.34 bits per heavy atom. The lowest BCUT2D eigenvalue weighted by Crippen LogP contribution is -2.25. The largest absolute Gasteiger partial charge is 0.345 e. The highest BCUT2D eigenvalue weighted by Crippen LogP contribution is 2.19. The maximum Gasteiger partial charge on any atom is 0.259 e. The number of aromatic nitrogens is 4. The van der Waals surface area contributed by atoms with Gasteiger partial charge in [-0.1, -0.05) is 6.07 Å². The molecule has 0 aliphatic heterocycles. The van der Waals surface area contributed by atoms with Crippen molar-refractivity contribution in [2.24, 2.45) is 14.1 Å². The number of nitrogens with zero attached hydrogens (tertiary/aromatic N) is 4. The smallest absolute Gasteiger partial charge is 0.259 e. The highest BCUT2D eigenvalue weighted by Gasteiger charge is 2.16. The van der Waals surface area contributed by atoms with Crippen LogP contribution in [0.5, 0.6) is 0 Å². The van der Waals surface area contributed by atoms with Gasteiger partial charge in [-0.2, -0.15) is 5.10 Å². The number of aryl methyl sites for hydroxylation is 4. The number of anilines is 1. The molecule has 0 aliphatic carbocycles. The summed E-state index contributed by atoms with van der Waals surface area (Å²) in [6.45, 7) is 7.93. The van der Waals surface area contributed by atoms with Crippen molar-refractivity contribution >= 4 is 17.5 Å². The second-order valence-corrected chi connectivity index (χ2v) is 7.23. The van der Waals surface area contributed by atoms with Crippen molar-refractivity contribution in [3.8, 4) is 0 Å².